The number of aryl methyl sites for hydroxylation is 3. The van der Waals surface area contributed by atoms with Gasteiger partial charge in [0.2, 0.25) is 0 Å². The minimum absolute atomic E-state index is 0.198. The molecule has 2 aromatic carbocycles. The van der Waals surface area contributed by atoms with E-state index in [-0.39, 0.29) is 5.91 Å². The second kappa shape index (κ2) is 5.98. The summed E-state index contributed by atoms with van der Waals surface area (Å²) < 4.78 is 1.06. The van der Waals surface area contributed by atoms with Crippen LogP contribution >= 0.6 is 27.5 Å². The van der Waals surface area contributed by atoms with E-state index < -0.39 is 0 Å². The summed E-state index contributed by atoms with van der Waals surface area (Å²) in [5.74, 6) is -0.198. The number of carbonyl (C=O) groups excluding carboxylic acids is 1. The highest BCUT2D eigenvalue weighted by Crippen LogP contribution is 2.26. The first-order chi connectivity index (χ1) is 9.38. The third kappa shape index (κ3) is 3.22. The zero-order valence-electron chi connectivity index (χ0n) is 11.6. The Morgan fingerprint density at radius 1 is 1.10 bits per heavy atom. The second-order valence-electron chi connectivity index (χ2n) is 4.86. The summed E-state index contributed by atoms with van der Waals surface area (Å²) in [7, 11) is 0. The van der Waals surface area contributed by atoms with Crippen molar-refractivity contribution in [2.45, 2.75) is 20.8 Å². The molecule has 1 N–H and O–H groups in total. The molecule has 0 aliphatic rings. The Labute approximate surface area is 132 Å². The van der Waals surface area contributed by atoms with Crippen LogP contribution in [0.3, 0.4) is 0 Å². The van der Waals surface area contributed by atoms with Crippen LogP contribution in [0.4, 0.5) is 5.69 Å². The van der Waals surface area contributed by atoms with Gasteiger partial charge in [-0.15, -0.1) is 0 Å². The van der Waals surface area contributed by atoms with Crippen LogP contribution in [0.5, 0.6) is 0 Å². The molecule has 0 spiro atoms. The number of nitrogens with one attached hydrogen (secondary N) is 1. The summed E-state index contributed by atoms with van der Waals surface area (Å²) in [5.41, 5.74) is 4.44. The van der Waals surface area contributed by atoms with Gasteiger partial charge in [0.15, 0.2) is 0 Å². The van der Waals surface area contributed by atoms with Gasteiger partial charge in [0.05, 0.1) is 10.6 Å². The lowest BCUT2D eigenvalue weighted by atomic mass is 10.1. The van der Waals surface area contributed by atoms with Crippen molar-refractivity contribution in [2.24, 2.45) is 0 Å². The minimum Gasteiger partial charge on any atom is -0.322 e. The Hall–Kier alpha value is -1.32. The highest BCUT2D eigenvalue weighted by Gasteiger charge is 2.11. The van der Waals surface area contributed by atoms with Gasteiger partial charge < -0.3 is 5.32 Å². The van der Waals surface area contributed by atoms with E-state index in [0.29, 0.717) is 10.6 Å². The van der Waals surface area contributed by atoms with Crippen molar-refractivity contribution in [2.75, 3.05) is 5.32 Å². The molecule has 0 fully saturated rings. The topological polar surface area (TPSA) is 29.1 Å². The van der Waals surface area contributed by atoms with E-state index in [1.165, 1.54) is 0 Å². The monoisotopic (exact) mass is 351 g/mol. The van der Waals surface area contributed by atoms with Crippen LogP contribution in [0, 0.1) is 20.8 Å². The standard InChI is InChI=1S/C16H15BrClNO/c1-9-4-5-13(14(18)6-9)16(20)19-12-7-10(2)15(17)11(3)8-12/h4-8H,1-3H3,(H,19,20). The van der Waals surface area contributed by atoms with Crippen LogP contribution in [-0.4, -0.2) is 5.91 Å². The van der Waals surface area contributed by atoms with Crippen molar-refractivity contribution in [1.82, 2.24) is 0 Å². The van der Waals surface area contributed by atoms with Gasteiger partial charge >= 0.3 is 0 Å². The van der Waals surface area contributed by atoms with Crippen molar-refractivity contribution in [1.29, 1.82) is 0 Å². The maximum absolute atomic E-state index is 12.2. The van der Waals surface area contributed by atoms with E-state index in [1.807, 2.05) is 39.0 Å². The Balaban J connectivity index is 2.28. The molecule has 2 aromatic rings. The average molecular weight is 353 g/mol. The quantitative estimate of drug-likeness (QED) is 0.782. The maximum atomic E-state index is 12.2. The van der Waals surface area contributed by atoms with Crippen molar-refractivity contribution in [3.8, 4) is 0 Å². The largest absolute Gasteiger partial charge is 0.322 e. The predicted octanol–water partition coefficient (Wildman–Crippen LogP) is 5.28. The molecule has 0 atom stereocenters. The molecule has 1 amide bonds. The number of hydrogen-bond acceptors (Lipinski definition) is 1. The van der Waals surface area contributed by atoms with Crippen LogP contribution < -0.4 is 5.32 Å². The van der Waals surface area contributed by atoms with Gasteiger partial charge in [-0.2, -0.15) is 0 Å². The number of carbonyl (C=O) groups is 1. The van der Waals surface area contributed by atoms with Crippen LogP contribution in [0.15, 0.2) is 34.8 Å². The van der Waals surface area contributed by atoms with Crippen LogP contribution in [0.2, 0.25) is 5.02 Å². The highest BCUT2D eigenvalue weighted by atomic mass is 79.9. The van der Waals surface area contributed by atoms with Crippen molar-refractivity contribution in [3.05, 3.63) is 62.1 Å². The number of hydrogen-bond donors (Lipinski definition) is 1. The molecule has 0 saturated carbocycles. The molecule has 2 nitrogen and oxygen atoms in total. The Morgan fingerprint density at radius 2 is 1.70 bits per heavy atom. The zero-order chi connectivity index (χ0) is 14.9. The third-order valence-electron chi connectivity index (χ3n) is 3.06. The van der Waals surface area contributed by atoms with Crippen LogP contribution in [0.25, 0.3) is 0 Å². The van der Waals surface area contributed by atoms with Gasteiger partial charge in [0.1, 0.15) is 0 Å². The number of amides is 1. The van der Waals surface area contributed by atoms with E-state index in [2.05, 4.69) is 21.2 Å². The minimum atomic E-state index is -0.198. The molecule has 0 bridgehead atoms. The maximum Gasteiger partial charge on any atom is 0.257 e. The lowest BCUT2D eigenvalue weighted by Gasteiger charge is -2.10. The SMILES string of the molecule is Cc1ccc(C(=O)Nc2cc(C)c(Br)c(C)c2)c(Cl)c1. The first kappa shape index (κ1) is 15.1. The average Bonchev–Trinajstić information content (AvgIpc) is 2.35. The summed E-state index contributed by atoms with van der Waals surface area (Å²) in [4.78, 5) is 12.2. The number of anilines is 1. The van der Waals surface area contributed by atoms with Gasteiger partial charge in [0.25, 0.3) is 5.91 Å². The fraction of sp³-hybridized carbons (Fsp3) is 0.188. The molecule has 0 aliphatic heterocycles. The summed E-state index contributed by atoms with van der Waals surface area (Å²) in [6.07, 6.45) is 0. The summed E-state index contributed by atoms with van der Waals surface area (Å²) >= 11 is 9.62. The fourth-order valence-corrected chi connectivity index (χ4v) is 2.57. The van der Waals surface area contributed by atoms with Gasteiger partial charge in [0, 0.05) is 10.2 Å². The van der Waals surface area contributed by atoms with Crippen LogP contribution in [0.1, 0.15) is 27.0 Å². The van der Waals surface area contributed by atoms with E-state index in [1.54, 1.807) is 12.1 Å². The van der Waals surface area contributed by atoms with E-state index in [9.17, 15) is 4.79 Å². The molecule has 0 heterocycles. The molecular formula is C16H15BrClNO. The summed E-state index contributed by atoms with van der Waals surface area (Å²) in [6.45, 7) is 5.92. The predicted molar refractivity (Wildman–Crippen MR) is 87.8 cm³/mol. The zero-order valence-corrected chi connectivity index (χ0v) is 13.9. The van der Waals surface area contributed by atoms with E-state index in [0.717, 1.165) is 26.9 Å². The van der Waals surface area contributed by atoms with Crippen molar-refractivity contribution < 1.29 is 4.79 Å². The highest BCUT2D eigenvalue weighted by molar-refractivity contribution is 9.10. The lowest BCUT2D eigenvalue weighted by molar-refractivity contribution is 0.102. The molecular weight excluding hydrogens is 338 g/mol. The summed E-state index contributed by atoms with van der Waals surface area (Å²) in [5, 5.41) is 3.35. The molecule has 0 unspecified atom stereocenters. The van der Waals surface area contributed by atoms with Gasteiger partial charge in [-0.3, -0.25) is 4.79 Å². The normalized spacial score (nSPS) is 10.4. The smallest absolute Gasteiger partial charge is 0.257 e. The molecule has 0 saturated heterocycles. The Kier molecular flexibility index (Phi) is 4.51. The fourth-order valence-electron chi connectivity index (χ4n) is 2.02. The Morgan fingerprint density at radius 3 is 2.25 bits per heavy atom. The number of rotatable bonds is 2. The number of benzene rings is 2. The molecule has 104 valence electrons. The second-order valence-corrected chi connectivity index (χ2v) is 6.06. The molecule has 4 heteroatoms. The van der Waals surface area contributed by atoms with Crippen LogP contribution in [-0.2, 0) is 0 Å². The van der Waals surface area contributed by atoms with Crippen molar-refractivity contribution >= 4 is 39.1 Å². The molecule has 0 aliphatic carbocycles. The van der Waals surface area contributed by atoms with E-state index >= 15 is 0 Å². The van der Waals surface area contributed by atoms with Gasteiger partial charge in [-0.25, -0.2) is 0 Å². The van der Waals surface area contributed by atoms with Gasteiger partial charge in [-0.05, 0) is 61.7 Å². The first-order valence-corrected chi connectivity index (χ1v) is 7.40. The summed E-state index contributed by atoms with van der Waals surface area (Å²) in [6, 6.07) is 9.26. The molecule has 0 radical (unpaired) electrons. The lowest BCUT2D eigenvalue weighted by Crippen LogP contribution is -2.12. The first-order valence-electron chi connectivity index (χ1n) is 6.22. The van der Waals surface area contributed by atoms with Crippen molar-refractivity contribution in [3.63, 3.8) is 0 Å². The van der Waals surface area contributed by atoms with E-state index in [4.69, 9.17) is 11.6 Å². The Bertz CT molecular complexity index is 659. The van der Waals surface area contributed by atoms with Gasteiger partial charge in [-0.1, -0.05) is 33.6 Å². The molecule has 0 aromatic heterocycles. The number of halogens is 2. The molecule has 2 rings (SSSR count). The molecule has 20 heavy (non-hydrogen) atoms. The third-order valence-corrected chi connectivity index (χ3v) is 4.63.